The lowest BCUT2D eigenvalue weighted by Crippen LogP contribution is -2.03. The molecule has 0 aliphatic rings. The van der Waals surface area contributed by atoms with E-state index in [9.17, 15) is 0 Å². The van der Waals surface area contributed by atoms with Crippen molar-refractivity contribution in [3.05, 3.63) is 170 Å². The smallest absolute Gasteiger partial charge is 0.235 e. The molecule has 4 aromatic heterocycles. The summed E-state index contributed by atoms with van der Waals surface area (Å²) in [6.45, 7) is 0. The van der Waals surface area contributed by atoms with E-state index in [1.807, 2.05) is 0 Å². The minimum absolute atomic E-state index is 0.638. The Morgan fingerprint density at radius 1 is 0.396 bits per heavy atom. The van der Waals surface area contributed by atoms with Crippen LogP contribution in [-0.2, 0) is 0 Å². The van der Waals surface area contributed by atoms with Gasteiger partial charge in [-0.15, -0.1) is 0 Å². The fraction of sp³-hybridized carbons (Fsp3) is 0. The number of rotatable bonds is 3. The standard InChI is InChI=1S/C48H28N4O/c1-2-13-31(14-3-1)51-38-20-10-7-17-34(38)45-40(51)24-25-41-46(45)35-18-8-11-21-39(35)52(41)48-49-37-19-9-6-16-33(37)47(50-48)30-23-26-42-36(28-30)44-32-15-5-4-12-29(32)22-27-43(44)53-42/h1-28H. The number of para-hydroxylation sites is 4. The molecule has 0 bridgehead atoms. The maximum absolute atomic E-state index is 6.37. The number of furan rings is 1. The van der Waals surface area contributed by atoms with Gasteiger partial charge in [0.1, 0.15) is 11.2 Å². The summed E-state index contributed by atoms with van der Waals surface area (Å²) in [5.41, 5.74) is 10.2. The Labute approximate surface area is 302 Å². The zero-order chi connectivity index (χ0) is 34.6. The lowest BCUT2D eigenvalue weighted by Gasteiger charge is -2.12. The van der Waals surface area contributed by atoms with Crippen LogP contribution in [0.1, 0.15) is 0 Å². The third-order valence-corrected chi connectivity index (χ3v) is 10.9. The van der Waals surface area contributed by atoms with Gasteiger partial charge in [0.2, 0.25) is 5.95 Å². The molecule has 0 unspecified atom stereocenters. The summed E-state index contributed by atoms with van der Waals surface area (Å²) in [6.07, 6.45) is 0. The minimum atomic E-state index is 0.638. The van der Waals surface area contributed by atoms with Crippen LogP contribution < -0.4 is 0 Å². The maximum Gasteiger partial charge on any atom is 0.235 e. The molecule has 5 heteroatoms. The van der Waals surface area contributed by atoms with Crippen LogP contribution in [0.15, 0.2) is 174 Å². The van der Waals surface area contributed by atoms with E-state index in [-0.39, 0.29) is 0 Å². The Morgan fingerprint density at radius 2 is 1.02 bits per heavy atom. The van der Waals surface area contributed by atoms with Crippen LogP contribution in [0.3, 0.4) is 0 Å². The van der Waals surface area contributed by atoms with Crippen molar-refractivity contribution in [3.8, 4) is 22.9 Å². The lowest BCUT2D eigenvalue weighted by atomic mass is 10.0. The molecule has 0 radical (unpaired) electrons. The molecule has 5 nitrogen and oxygen atoms in total. The van der Waals surface area contributed by atoms with E-state index in [1.165, 1.54) is 43.4 Å². The van der Waals surface area contributed by atoms with Crippen molar-refractivity contribution < 1.29 is 4.42 Å². The molecule has 0 atom stereocenters. The van der Waals surface area contributed by atoms with Gasteiger partial charge in [-0.2, -0.15) is 0 Å². The summed E-state index contributed by atoms with van der Waals surface area (Å²) >= 11 is 0. The molecule has 0 aliphatic heterocycles. The van der Waals surface area contributed by atoms with E-state index >= 15 is 0 Å². The first-order valence-corrected chi connectivity index (χ1v) is 17.9. The fourth-order valence-corrected chi connectivity index (χ4v) is 8.67. The molecule has 12 rings (SSSR count). The summed E-state index contributed by atoms with van der Waals surface area (Å²) < 4.78 is 11.0. The highest BCUT2D eigenvalue weighted by atomic mass is 16.3. The van der Waals surface area contributed by atoms with E-state index in [0.29, 0.717) is 5.95 Å². The van der Waals surface area contributed by atoms with Crippen LogP contribution in [0.2, 0.25) is 0 Å². The number of aromatic nitrogens is 4. The second-order valence-electron chi connectivity index (χ2n) is 13.8. The van der Waals surface area contributed by atoms with Crippen molar-refractivity contribution in [1.82, 2.24) is 19.1 Å². The normalized spacial score (nSPS) is 12.2. The van der Waals surface area contributed by atoms with Gasteiger partial charge in [-0.3, -0.25) is 4.57 Å². The summed E-state index contributed by atoms with van der Waals surface area (Å²) in [5.74, 6) is 0.638. The molecule has 0 spiro atoms. The van der Waals surface area contributed by atoms with Gasteiger partial charge in [-0.25, -0.2) is 9.97 Å². The second kappa shape index (κ2) is 10.6. The SMILES string of the molecule is c1ccc(-n2c3ccccc3c3c4c5ccccc5n(-c5nc(-c6ccc7oc8ccc9ccccc9c8c7c6)c6ccccc6n5)c4ccc32)cc1. The third-order valence-electron chi connectivity index (χ3n) is 10.9. The van der Waals surface area contributed by atoms with E-state index < -0.39 is 0 Å². The highest BCUT2D eigenvalue weighted by molar-refractivity contribution is 6.29. The first kappa shape index (κ1) is 28.5. The van der Waals surface area contributed by atoms with Gasteiger partial charge >= 0.3 is 0 Å². The maximum atomic E-state index is 6.37. The topological polar surface area (TPSA) is 48.8 Å². The van der Waals surface area contributed by atoms with Crippen LogP contribution in [0.25, 0.3) is 110 Å². The summed E-state index contributed by atoms with van der Waals surface area (Å²) in [5, 5.41) is 10.4. The molecule has 53 heavy (non-hydrogen) atoms. The molecule has 0 amide bonds. The van der Waals surface area contributed by atoms with Crippen LogP contribution in [-0.4, -0.2) is 19.1 Å². The zero-order valence-electron chi connectivity index (χ0n) is 28.4. The quantitative estimate of drug-likeness (QED) is 0.187. The molecular weight excluding hydrogens is 649 g/mol. The molecule has 246 valence electrons. The van der Waals surface area contributed by atoms with Gasteiger partial charge in [-0.1, -0.05) is 103 Å². The second-order valence-corrected chi connectivity index (χ2v) is 13.8. The molecule has 8 aromatic carbocycles. The Kier molecular flexibility index (Phi) is 5.71. The van der Waals surface area contributed by atoms with Crippen molar-refractivity contribution in [2.45, 2.75) is 0 Å². The van der Waals surface area contributed by atoms with Gasteiger partial charge < -0.3 is 8.98 Å². The van der Waals surface area contributed by atoms with Gasteiger partial charge in [0.05, 0.1) is 33.3 Å². The van der Waals surface area contributed by atoms with Crippen LogP contribution in [0.4, 0.5) is 0 Å². The molecule has 0 aliphatic carbocycles. The number of fused-ring (bicyclic) bond motifs is 13. The highest BCUT2D eigenvalue weighted by Gasteiger charge is 2.22. The molecule has 0 N–H and O–H groups in total. The largest absolute Gasteiger partial charge is 0.456 e. The van der Waals surface area contributed by atoms with Crippen molar-refractivity contribution in [2.75, 3.05) is 0 Å². The van der Waals surface area contributed by atoms with E-state index in [1.54, 1.807) is 0 Å². The van der Waals surface area contributed by atoms with Crippen molar-refractivity contribution >= 4 is 87.2 Å². The van der Waals surface area contributed by atoms with Crippen molar-refractivity contribution in [3.63, 3.8) is 0 Å². The van der Waals surface area contributed by atoms with Gasteiger partial charge in [0.15, 0.2) is 0 Å². The first-order chi connectivity index (χ1) is 26.3. The van der Waals surface area contributed by atoms with Crippen LogP contribution >= 0.6 is 0 Å². The predicted octanol–water partition coefficient (Wildman–Crippen LogP) is 12.5. The molecule has 12 aromatic rings. The zero-order valence-corrected chi connectivity index (χ0v) is 28.4. The van der Waals surface area contributed by atoms with E-state index in [0.717, 1.165) is 60.8 Å². The summed E-state index contributed by atoms with van der Waals surface area (Å²) in [7, 11) is 0. The Bertz CT molecular complexity index is 3460. The molecule has 4 heterocycles. The summed E-state index contributed by atoms with van der Waals surface area (Å²) in [6, 6.07) is 59.9. The highest BCUT2D eigenvalue weighted by Crippen LogP contribution is 2.43. The molecule has 0 saturated heterocycles. The van der Waals surface area contributed by atoms with Crippen molar-refractivity contribution in [2.24, 2.45) is 0 Å². The first-order valence-electron chi connectivity index (χ1n) is 17.9. The summed E-state index contributed by atoms with van der Waals surface area (Å²) in [4.78, 5) is 10.7. The van der Waals surface area contributed by atoms with E-state index in [4.69, 9.17) is 14.4 Å². The van der Waals surface area contributed by atoms with E-state index in [2.05, 4.69) is 179 Å². The fourth-order valence-electron chi connectivity index (χ4n) is 8.67. The number of nitrogens with zero attached hydrogens (tertiary/aromatic N) is 4. The average Bonchev–Trinajstić information content (AvgIpc) is 3.88. The average molecular weight is 677 g/mol. The predicted molar refractivity (Wildman–Crippen MR) is 218 cm³/mol. The van der Waals surface area contributed by atoms with Crippen LogP contribution in [0, 0.1) is 0 Å². The third kappa shape index (κ3) is 3.96. The van der Waals surface area contributed by atoms with Gasteiger partial charge in [0, 0.05) is 49.0 Å². The number of hydrogen-bond donors (Lipinski definition) is 0. The number of hydrogen-bond acceptors (Lipinski definition) is 3. The van der Waals surface area contributed by atoms with Crippen LogP contribution in [0.5, 0.6) is 0 Å². The monoisotopic (exact) mass is 676 g/mol. The lowest BCUT2D eigenvalue weighted by molar-refractivity contribution is 0.669. The van der Waals surface area contributed by atoms with Gasteiger partial charge in [0.25, 0.3) is 0 Å². The molecule has 0 fully saturated rings. The minimum Gasteiger partial charge on any atom is -0.456 e. The molecular formula is C48H28N4O. The Morgan fingerprint density at radius 3 is 1.81 bits per heavy atom. The number of benzene rings is 8. The van der Waals surface area contributed by atoms with Crippen molar-refractivity contribution in [1.29, 1.82) is 0 Å². The Balaban J connectivity index is 1.16. The molecule has 0 saturated carbocycles. The Hall–Kier alpha value is -7.24. The van der Waals surface area contributed by atoms with Gasteiger partial charge in [-0.05, 0) is 77.5 Å².